The quantitative estimate of drug-likeness (QED) is 0.395. The number of urea groups is 1. The average Bonchev–Trinajstić information content (AvgIpc) is 3.18. The van der Waals surface area contributed by atoms with Crippen LogP contribution in [0.15, 0.2) is 48.5 Å². The zero-order valence-corrected chi connectivity index (χ0v) is 20.8. The highest BCUT2D eigenvalue weighted by Crippen LogP contribution is 2.14. The fourth-order valence-corrected chi connectivity index (χ4v) is 3.87. The number of methoxy groups -OCH3 is 1. The number of aryl methyl sites for hydroxylation is 2. The molecule has 10 heteroatoms. The fourth-order valence-electron chi connectivity index (χ4n) is 3.87. The number of hydrogen-bond donors (Lipinski definition) is 2. The maximum absolute atomic E-state index is 12.0. The van der Waals surface area contributed by atoms with Gasteiger partial charge in [0.2, 0.25) is 11.9 Å². The van der Waals surface area contributed by atoms with Crippen molar-refractivity contribution in [3.05, 3.63) is 76.9 Å². The summed E-state index contributed by atoms with van der Waals surface area (Å²) in [5.41, 5.74) is 3.49. The summed E-state index contributed by atoms with van der Waals surface area (Å²) in [4.78, 5) is 40.8. The van der Waals surface area contributed by atoms with Crippen LogP contribution >= 0.6 is 0 Å². The topological polar surface area (TPSA) is 113 Å². The Labute approximate surface area is 210 Å². The first kappa shape index (κ1) is 25.1. The van der Waals surface area contributed by atoms with E-state index in [1.165, 1.54) is 16.0 Å². The smallest absolute Gasteiger partial charge is 0.324 e. The number of anilines is 1. The van der Waals surface area contributed by atoms with Crippen molar-refractivity contribution in [2.24, 2.45) is 0 Å². The molecule has 2 aromatic carbocycles. The minimum atomic E-state index is -0.437. The van der Waals surface area contributed by atoms with Crippen molar-refractivity contribution in [1.29, 1.82) is 0 Å². The molecule has 36 heavy (non-hydrogen) atoms. The van der Waals surface area contributed by atoms with E-state index in [1.807, 2.05) is 38.4 Å². The lowest BCUT2D eigenvalue weighted by atomic mass is 10.1. The van der Waals surface area contributed by atoms with Crippen LogP contribution in [0.5, 0.6) is 5.75 Å². The standard InChI is InChI=1S/C26H31N7O3/c1-32(2)15-20-6-4-18(5-7-20)10-13-22-28-23(16-33-17-24(34)31-26(33)35)30-25(29-22)27-14-19-8-11-21(36-3)12-9-19/h4-9,11-12H,10,13-17H2,1-3H3,(H,31,34,35)(H,27,28,29,30). The van der Waals surface area contributed by atoms with Gasteiger partial charge in [-0.3, -0.25) is 10.1 Å². The summed E-state index contributed by atoms with van der Waals surface area (Å²) in [7, 11) is 5.73. The van der Waals surface area contributed by atoms with Crippen molar-refractivity contribution < 1.29 is 14.3 Å². The van der Waals surface area contributed by atoms with Crippen LogP contribution < -0.4 is 15.4 Å². The summed E-state index contributed by atoms with van der Waals surface area (Å²) in [5.74, 6) is 1.95. The molecule has 3 amide bonds. The van der Waals surface area contributed by atoms with Crippen LogP contribution in [0.3, 0.4) is 0 Å². The van der Waals surface area contributed by atoms with Gasteiger partial charge in [-0.15, -0.1) is 0 Å². The summed E-state index contributed by atoms with van der Waals surface area (Å²) in [5, 5.41) is 5.54. The molecule has 0 atom stereocenters. The van der Waals surface area contributed by atoms with E-state index in [-0.39, 0.29) is 19.0 Å². The first-order chi connectivity index (χ1) is 17.4. The SMILES string of the molecule is COc1ccc(CNc2nc(CCc3ccc(CN(C)C)cc3)nc(CN3CC(=O)NC3=O)n2)cc1. The number of aromatic nitrogens is 3. The Morgan fingerprint density at radius 2 is 1.58 bits per heavy atom. The average molecular weight is 490 g/mol. The van der Waals surface area contributed by atoms with E-state index < -0.39 is 6.03 Å². The summed E-state index contributed by atoms with van der Waals surface area (Å²) in [6.07, 6.45) is 1.39. The molecule has 0 bridgehead atoms. The lowest BCUT2D eigenvalue weighted by molar-refractivity contribution is -0.118. The number of carbonyl (C=O) groups is 2. The van der Waals surface area contributed by atoms with Gasteiger partial charge < -0.3 is 19.9 Å². The predicted molar refractivity (Wildman–Crippen MR) is 135 cm³/mol. The van der Waals surface area contributed by atoms with E-state index in [9.17, 15) is 9.59 Å². The molecule has 0 radical (unpaired) electrons. The molecule has 2 N–H and O–H groups in total. The van der Waals surface area contributed by atoms with Crippen molar-refractivity contribution in [2.75, 3.05) is 33.1 Å². The molecule has 188 valence electrons. The van der Waals surface area contributed by atoms with Crippen LogP contribution in [0.1, 0.15) is 28.3 Å². The van der Waals surface area contributed by atoms with Gasteiger partial charge in [0.1, 0.15) is 18.1 Å². The Hall–Kier alpha value is -4.05. The molecule has 0 aliphatic carbocycles. The Balaban J connectivity index is 1.47. The van der Waals surface area contributed by atoms with Crippen LogP contribution in [0.2, 0.25) is 0 Å². The number of nitrogens with zero attached hydrogens (tertiary/aromatic N) is 5. The highest BCUT2D eigenvalue weighted by atomic mass is 16.5. The van der Waals surface area contributed by atoms with Gasteiger partial charge in [-0.1, -0.05) is 36.4 Å². The molecular weight excluding hydrogens is 458 g/mol. The minimum absolute atomic E-state index is 0.00619. The van der Waals surface area contributed by atoms with E-state index in [2.05, 4.69) is 54.8 Å². The van der Waals surface area contributed by atoms with E-state index in [1.54, 1.807) is 7.11 Å². The van der Waals surface area contributed by atoms with E-state index in [4.69, 9.17) is 4.74 Å². The Morgan fingerprint density at radius 3 is 2.22 bits per heavy atom. The van der Waals surface area contributed by atoms with Crippen LogP contribution in [0, 0.1) is 0 Å². The molecular formula is C26H31N7O3. The van der Waals surface area contributed by atoms with Crippen LogP contribution in [0.4, 0.5) is 10.7 Å². The van der Waals surface area contributed by atoms with Crippen molar-refractivity contribution in [3.63, 3.8) is 0 Å². The van der Waals surface area contributed by atoms with Crippen LogP contribution in [-0.4, -0.2) is 64.4 Å². The summed E-state index contributed by atoms with van der Waals surface area (Å²) in [6, 6.07) is 15.8. The number of nitrogens with one attached hydrogen (secondary N) is 2. The van der Waals surface area contributed by atoms with Gasteiger partial charge in [0.05, 0.1) is 13.7 Å². The molecule has 4 rings (SSSR count). The summed E-state index contributed by atoms with van der Waals surface area (Å²) in [6.45, 7) is 1.53. The molecule has 1 fully saturated rings. The lowest BCUT2D eigenvalue weighted by Gasteiger charge is -2.14. The molecule has 0 unspecified atom stereocenters. The Kier molecular flexibility index (Phi) is 8.06. The van der Waals surface area contributed by atoms with Gasteiger partial charge in [0, 0.05) is 19.5 Å². The first-order valence-electron chi connectivity index (χ1n) is 11.8. The normalized spacial score (nSPS) is 13.3. The molecule has 1 aromatic heterocycles. The molecule has 0 saturated carbocycles. The van der Waals surface area contributed by atoms with Crippen molar-refractivity contribution in [1.82, 2.24) is 30.1 Å². The van der Waals surface area contributed by atoms with Crippen LogP contribution in [-0.2, 0) is 37.3 Å². The highest BCUT2D eigenvalue weighted by Gasteiger charge is 2.27. The number of carbonyl (C=O) groups excluding carboxylic acids is 2. The first-order valence-corrected chi connectivity index (χ1v) is 11.8. The number of rotatable bonds is 11. The molecule has 10 nitrogen and oxygen atoms in total. The van der Waals surface area contributed by atoms with Crippen LogP contribution in [0.25, 0.3) is 0 Å². The third-order valence-electron chi connectivity index (χ3n) is 5.70. The molecule has 3 aromatic rings. The number of benzene rings is 2. The van der Waals surface area contributed by atoms with Gasteiger partial charge in [-0.25, -0.2) is 9.78 Å². The number of amides is 3. The Bertz CT molecular complexity index is 1200. The maximum atomic E-state index is 12.0. The molecule has 1 aliphatic heterocycles. The molecule has 2 heterocycles. The second kappa shape index (κ2) is 11.6. The zero-order valence-electron chi connectivity index (χ0n) is 20.8. The third kappa shape index (κ3) is 6.98. The highest BCUT2D eigenvalue weighted by molar-refractivity contribution is 6.01. The van der Waals surface area contributed by atoms with Gasteiger partial charge in [0.25, 0.3) is 0 Å². The predicted octanol–water partition coefficient (Wildman–Crippen LogP) is 2.39. The van der Waals surface area contributed by atoms with Gasteiger partial charge >= 0.3 is 6.03 Å². The second-order valence-electron chi connectivity index (χ2n) is 8.96. The van der Waals surface area contributed by atoms with Crippen molar-refractivity contribution in [2.45, 2.75) is 32.5 Å². The molecule has 1 aliphatic rings. The number of ether oxygens (including phenoxy) is 1. The van der Waals surface area contributed by atoms with Gasteiger partial charge in [-0.05, 0) is 49.3 Å². The van der Waals surface area contributed by atoms with Crippen molar-refractivity contribution >= 4 is 17.9 Å². The van der Waals surface area contributed by atoms with E-state index in [0.29, 0.717) is 30.6 Å². The summed E-state index contributed by atoms with van der Waals surface area (Å²) >= 11 is 0. The number of imide groups is 1. The zero-order chi connectivity index (χ0) is 25.5. The van der Waals surface area contributed by atoms with Gasteiger partial charge in [-0.2, -0.15) is 9.97 Å². The third-order valence-corrected chi connectivity index (χ3v) is 5.70. The van der Waals surface area contributed by atoms with Gasteiger partial charge in [0.15, 0.2) is 5.82 Å². The fraction of sp³-hybridized carbons (Fsp3) is 0.346. The van der Waals surface area contributed by atoms with E-state index >= 15 is 0 Å². The number of hydrogen-bond acceptors (Lipinski definition) is 8. The molecule has 1 saturated heterocycles. The van der Waals surface area contributed by atoms with E-state index in [0.717, 1.165) is 24.3 Å². The minimum Gasteiger partial charge on any atom is -0.497 e. The largest absolute Gasteiger partial charge is 0.497 e. The summed E-state index contributed by atoms with van der Waals surface area (Å²) < 4.78 is 5.21. The second-order valence-corrected chi connectivity index (χ2v) is 8.96. The maximum Gasteiger partial charge on any atom is 0.324 e. The van der Waals surface area contributed by atoms with Crippen molar-refractivity contribution in [3.8, 4) is 5.75 Å². The monoisotopic (exact) mass is 489 g/mol. The molecule has 0 spiro atoms. The Morgan fingerprint density at radius 1 is 0.917 bits per heavy atom. The lowest BCUT2D eigenvalue weighted by Crippen LogP contribution is -2.29.